The van der Waals surface area contributed by atoms with Crippen molar-refractivity contribution in [3.8, 4) is 22.3 Å². The summed E-state index contributed by atoms with van der Waals surface area (Å²) < 4.78 is 5.43. The van der Waals surface area contributed by atoms with Gasteiger partial charge in [-0.2, -0.15) is 0 Å². The Morgan fingerprint density at radius 2 is 2.38 bits per heavy atom. The van der Waals surface area contributed by atoms with E-state index in [1.165, 1.54) is 11.3 Å². The minimum absolute atomic E-state index is 0.0489. The highest BCUT2D eigenvalue weighted by Crippen LogP contribution is 2.27. The van der Waals surface area contributed by atoms with Crippen molar-refractivity contribution >= 4 is 11.3 Å². The molecule has 4 nitrogen and oxygen atoms in total. The maximum Gasteiger partial charge on any atom is 0.222 e. The number of hydrogen-bond acceptors (Lipinski definition) is 5. The number of rotatable bonds is 4. The Bertz CT molecular complexity index is 471. The van der Waals surface area contributed by atoms with Crippen LogP contribution in [0.1, 0.15) is 13.3 Å². The summed E-state index contributed by atoms with van der Waals surface area (Å²) in [6.07, 6.45) is 2.63. The van der Waals surface area contributed by atoms with Crippen LogP contribution in [0, 0.1) is 0 Å². The molecule has 0 fully saturated rings. The van der Waals surface area contributed by atoms with Crippen molar-refractivity contribution in [1.82, 2.24) is 9.97 Å². The van der Waals surface area contributed by atoms with Crippen LogP contribution in [0.5, 0.6) is 11.8 Å². The number of aromatic hydroxyl groups is 1. The van der Waals surface area contributed by atoms with Crippen LogP contribution in [0.2, 0.25) is 0 Å². The van der Waals surface area contributed by atoms with Crippen molar-refractivity contribution < 1.29 is 9.84 Å². The molecule has 16 heavy (non-hydrogen) atoms. The van der Waals surface area contributed by atoms with Crippen LogP contribution in [0.25, 0.3) is 10.6 Å². The molecule has 0 aliphatic carbocycles. The second-order valence-electron chi connectivity index (χ2n) is 3.24. The molecule has 2 aromatic heterocycles. The molecule has 0 spiro atoms. The lowest BCUT2D eigenvalue weighted by Crippen LogP contribution is -1.96. The van der Waals surface area contributed by atoms with Gasteiger partial charge in [-0.05, 0) is 12.5 Å². The summed E-state index contributed by atoms with van der Waals surface area (Å²) >= 11 is 1.39. The van der Waals surface area contributed by atoms with E-state index in [0.29, 0.717) is 12.5 Å². The lowest BCUT2D eigenvalue weighted by molar-refractivity contribution is 0.305. The molecule has 0 aromatic carbocycles. The Kier molecular flexibility index (Phi) is 3.36. The van der Waals surface area contributed by atoms with Crippen molar-refractivity contribution in [3.63, 3.8) is 0 Å². The van der Waals surface area contributed by atoms with Crippen LogP contribution in [-0.4, -0.2) is 21.7 Å². The Labute approximate surface area is 97.6 Å². The topological polar surface area (TPSA) is 55.2 Å². The summed E-state index contributed by atoms with van der Waals surface area (Å²) in [6, 6.07) is 3.67. The Morgan fingerprint density at radius 1 is 1.50 bits per heavy atom. The smallest absolute Gasteiger partial charge is 0.222 e. The quantitative estimate of drug-likeness (QED) is 0.886. The Balaban J connectivity index is 2.22. The van der Waals surface area contributed by atoms with Gasteiger partial charge in [0.15, 0.2) is 0 Å². The monoisotopic (exact) mass is 236 g/mol. The van der Waals surface area contributed by atoms with Gasteiger partial charge in [-0.25, -0.2) is 9.97 Å². The molecule has 0 aliphatic rings. The van der Waals surface area contributed by atoms with E-state index in [2.05, 4.69) is 9.97 Å². The molecule has 0 amide bonds. The second kappa shape index (κ2) is 4.94. The zero-order valence-electron chi connectivity index (χ0n) is 8.88. The van der Waals surface area contributed by atoms with Crippen LogP contribution < -0.4 is 4.74 Å². The lowest BCUT2D eigenvalue weighted by atomic mass is 10.3. The summed E-state index contributed by atoms with van der Waals surface area (Å²) in [6.45, 7) is 2.70. The average molecular weight is 236 g/mol. The first-order valence-corrected chi connectivity index (χ1v) is 5.91. The van der Waals surface area contributed by atoms with Crippen LogP contribution in [0.3, 0.4) is 0 Å². The van der Waals surface area contributed by atoms with E-state index in [9.17, 15) is 5.11 Å². The van der Waals surface area contributed by atoms with Crippen molar-refractivity contribution in [3.05, 3.63) is 23.7 Å². The highest BCUT2D eigenvalue weighted by molar-refractivity contribution is 7.13. The normalized spacial score (nSPS) is 10.3. The fourth-order valence-electron chi connectivity index (χ4n) is 1.23. The minimum atomic E-state index is 0.0489. The number of ether oxygens (including phenoxy) is 1. The molecule has 2 rings (SSSR count). The molecule has 2 heterocycles. The van der Waals surface area contributed by atoms with Gasteiger partial charge in [0.25, 0.3) is 0 Å². The number of aromatic nitrogens is 2. The third-order valence-electron chi connectivity index (χ3n) is 1.93. The molecule has 0 bridgehead atoms. The molecule has 0 saturated heterocycles. The SMILES string of the molecule is CCCOc1cc(-c2nc(O)cs2)ccn1. The predicted molar refractivity (Wildman–Crippen MR) is 62.8 cm³/mol. The highest BCUT2D eigenvalue weighted by Gasteiger charge is 2.05. The number of pyridine rings is 1. The standard InChI is InChI=1S/C11H12N2O2S/c1-2-5-15-10-6-8(3-4-12-10)11-13-9(14)7-16-11/h3-4,6-7,14H,2,5H2,1H3. The van der Waals surface area contributed by atoms with E-state index in [1.54, 1.807) is 11.6 Å². The summed E-state index contributed by atoms with van der Waals surface area (Å²) in [5, 5.41) is 11.5. The molecular formula is C11H12N2O2S. The van der Waals surface area contributed by atoms with Gasteiger partial charge < -0.3 is 9.84 Å². The Hall–Kier alpha value is -1.62. The van der Waals surface area contributed by atoms with Gasteiger partial charge in [-0.3, -0.25) is 0 Å². The molecule has 84 valence electrons. The van der Waals surface area contributed by atoms with Crippen LogP contribution >= 0.6 is 11.3 Å². The summed E-state index contributed by atoms with van der Waals surface area (Å²) in [4.78, 5) is 8.09. The fraction of sp³-hybridized carbons (Fsp3) is 0.273. The average Bonchev–Trinajstić information content (AvgIpc) is 2.74. The third-order valence-corrected chi connectivity index (χ3v) is 2.81. The number of nitrogens with zero attached hydrogens (tertiary/aromatic N) is 2. The molecule has 2 aromatic rings. The van der Waals surface area contributed by atoms with E-state index < -0.39 is 0 Å². The van der Waals surface area contributed by atoms with E-state index in [4.69, 9.17) is 4.74 Å². The predicted octanol–water partition coefficient (Wildman–Crippen LogP) is 2.70. The van der Waals surface area contributed by atoms with Crippen molar-refractivity contribution in [1.29, 1.82) is 0 Å². The molecule has 0 radical (unpaired) electrons. The molecule has 0 unspecified atom stereocenters. The third kappa shape index (κ3) is 2.49. The first-order chi connectivity index (χ1) is 7.79. The van der Waals surface area contributed by atoms with Crippen molar-refractivity contribution in [2.45, 2.75) is 13.3 Å². The number of thiazole rings is 1. The van der Waals surface area contributed by atoms with Crippen molar-refractivity contribution in [2.24, 2.45) is 0 Å². The highest BCUT2D eigenvalue weighted by atomic mass is 32.1. The van der Waals surface area contributed by atoms with E-state index >= 15 is 0 Å². The zero-order valence-corrected chi connectivity index (χ0v) is 9.70. The van der Waals surface area contributed by atoms with Crippen LogP contribution in [0.15, 0.2) is 23.7 Å². The lowest BCUT2D eigenvalue weighted by Gasteiger charge is -2.03. The maximum absolute atomic E-state index is 9.18. The van der Waals surface area contributed by atoms with E-state index in [-0.39, 0.29) is 5.88 Å². The molecule has 0 aliphatic heterocycles. The fourth-order valence-corrected chi connectivity index (χ4v) is 1.90. The van der Waals surface area contributed by atoms with E-state index in [0.717, 1.165) is 17.0 Å². The molecule has 1 N–H and O–H groups in total. The largest absolute Gasteiger partial charge is 0.493 e. The first-order valence-electron chi connectivity index (χ1n) is 5.03. The summed E-state index contributed by atoms with van der Waals surface area (Å²) in [7, 11) is 0. The Morgan fingerprint density at radius 3 is 3.06 bits per heavy atom. The molecular weight excluding hydrogens is 224 g/mol. The van der Waals surface area contributed by atoms with Gasteiger partial charge in [0.1, 0.15) is 5.01 Å². The van der Waals surface area contributed by atoms with Crippen LogP contribution in [0.4, 0.5) is 0 Å². The molecule has 5 heteroatoms. The van der Waals surface area contributed by atoms with E-state index in [1.807, 2.05) is 19.1 Å². The number of hydrogen-bond donors (Lipinski definition) is 1. The van der Waals surface area contributed by atoms with Crippen LogP contribution in [-0.2, 0) is 0 Å². The first kappa shape index (κ1) is 10.9. The van der Waals surface area contributed by atoms with Gasteiger partial charge in [0.05, 0.1) is 12.0 Å². The zero-order chi connectivity index (χ0) is 11.4. The maximum atomic E-state index is 9.18. The van der Waals surface area contributed by atoms with Gasteiger partial charge in [-0.15, -0.1) is 11.3 Å². The summed E-state index contributed by atoms with van der Waals surface area (Å²) in [5.74, 6) is 0.641. The minimum Gasteiger partial charge on any atom is -0.493 e. The van der Waals surface area contributed by atoms with Crippen molar-refractivity contribution in [2.75, 3.05) is 6.61 Å². The molecule has 0 atom stereocenters. The van der Waals surface area contributed by atoms with Gasteiger partial charge in [0.2, 0.25) is 11.8 Å². The molecule has 0 saturated carbocycles. The van der Waals surface area contributed by atoms with Gasteiger partial charge in [0, 0.05) is 17.8 Å². The second-order valence-corrected chi connectivity index (χ2v) is 4.10. The van der Waals surface area contributed by atoms with Gasteiger partial charge >= 0.3 is 0 Å². The van der Waals surface area contributed by atoms with Gasteiger partial charge in [-0.1, -0.05) is 6.92 Å². The summed E-state index contributed by atoms with van der Waals surface area (Å²) in [5.41, 5.74) is 0.909.